The minimum atomic E-state index is -0.959. The van der Waals surface area contributed by atoms with Crippen molar-refractivity contribution >= 4 is 34.3 Å². The number of nitrogens with zero attached hydrogens (tertiary/aromatic N) is 4. The van der Waals surface area contributed by atoms with Crippen molar-refractivity contribution < 1.29 is 19.5 Å². The first-order chi connectivity index (χ1) is 15.8. The molecule has 1 N–H and O–H groups in total. The van der Waals surface area contributed by atoms with E-state index in [9.17, 15) is 14.4 Å². The highest BCUT2D eigenvalue weighted by Gasteiger charge is 2.28. The van der Waals surface area contributed by atoms with Gasteiger partial charge in [-0.25, -0.2) is 4.79 Å². The molecule has 0 aliphatic carbocycles. The SMILES string of the molecule is CN(CCC(=O)N1CCC(C(=O)c2ccc3cnn(C)c3c2)CC1)c1ccc(C(=O)O)cc1. The van der Waals surface area contributed by atoms with Gasteiger partial charge in [-0.15, -0.1) is 0 Å². The monoisotopic (exact) mass is 448 g/mol. The van der Waals surface area contributed by atoms with Crippen LogP contribution in [0.2, 0.25) is 0 Å². The van der Waals surface area contributed by atoms with E-state index in [-0.39, 0.29) is 23.2 Å². The van der Waals surface area contributed by atoms with Crippen molar-refractivity contribution in [2.24, 2.45) is 13.0 Å². The van der Waals surface area contributed by atoms with E-state index in [1.54, 1.807) is 35.1 Å². The summed E-state index contributed by atoms with van der Waals surface area (Å²) in [5.74, 6) is -0.824. The number of aryl methyl sites for hydroxylation is 1. The van der Waals surface area contributed by atoms with E-state index < -0.39 is 5.97 Å². The number of rotatable bonds is 7. The van der Waals surface area contributed by atoms with Crippen molar-refractivity contribution in [3.63, 3.8) is 0 Å². The van der Waals surface area contributed by atoms with E-state index in [0.717, 1.165) is 16.6 Å². The number of carboxylic acids is 1. The summed E-state index contributed by atoms with van der Waals surface area (Å²) in [7, 11) is 3.75. The lowest BCUT2D eigenvalue weighted by atomic mass is 9.88. The van der Waals surface area contributed by atoms with Crippen molar-refractivity contribution in [3.05, 3.63) is 59.8 Å². The highest BCUT2D eigenvalue weighted by Crippen LogP contribution is 2.24. The standard InChI is InChI=1S/C25H28N4O4/c1-27(21-7-5-18(6-8-21)25(32)33)12-11-23(30)29-13-9-17(10-14-29)24(31)19-3-4-20-16-26-28(2)22(20)15-19/h3-8,15-17H,9-14H2,1-2H3,(H,32,33). The largest absolute Gasteiger partial charge is 0.478 e. The Hall–Kier alpha value is -3.68. The second kappa shape index (κ2) is 9.44. The molecule has 1 aliphatic rings. The summed E-state index contributed by atoms with van der Waals surface area (Å²) in [5.41, 5.74) is 2.74. The zero-order valence-corrected chi connectivity index (χ0v) is 18.9. The summed E-state index contributed by atoms with van der Waals surface area (Å²) in [4.78, 5) is 40.5. The molecule has 2 aromatic carbocycles. The zero-order valence-electron chi connectivity index (χ0n) is 18.9. The Balaban J connectivity index is 1.28. The van der Waals surface area contributed by atoms with Crippen LogP contribution >= 0.6 is 0 Å². The molecule has 8 heteroatoms. The number of benzene rings is 2. The van der Waals surface area contributed by atoms with Crippen molar-refractivity contribution in [1.29, 1.82) is 0 Å². The van der Waals surface area contributed by atoms with Crippen LogP contribution in [0, 0.1) is 5.92 Å². The summed E-state index contributed by atoms with van der Waals surface area (Å²) in [6.45, 7) is 1.70. The summed E-state index contributed by atoms with van der Waals surface area (Å²) in [6.07, 6.45) is 3.49. The molecule has 4 rings (SSSR count). The van der Waals surface area contributed by atoms with Gasteiger partial charge in [0.05, 0.1) is 17.3 Å². The molecule has 0 atom stereocenters. The van der Waals surface area contributed by atoms with Crippen molar-refractivity contribution in [2.45, 2.75) is 19.3 Å². The zero-order chi connectivity index (χ0) is 23.5. The van der Waals surface area contributed by atoms with Gasteiger partial charge in [0.15, 0.2) is 5.78 Å². The van der Waals surface area contributed by atoms with Crippen molar-refractivity contribution in [3.8, 4) is 0 Å². The maximum atomic E-state index is 13.0. The molecule has 2 heterocycles. The highest BCUT2D eigenvalue weighted by molar-refractivity contribution is 6.00. The van der Waals surface area contributed by atoms with Crippen LogP contribution in [0.5, 0.6) is 0 Å². The summed E-state index contributed by atoms with van der Waals surface area (Å²) < 4.78 is 1.77. The van der Waals surface area contributed by atoms with Crippen LogP contribution in [0.1, 0.15) is 40.0 Å². The topological polar surface area (TPSA) is 95.7 Å². The maximum absolute atomic E-state index is 13.0. The molecule has 1 saturated heterocycles. The van der Waals surface area contributed by atoms with E-state index in [2.05, 4.69) is 5.10 Å². The molecule has 0 spiro atoms. The lowest BCUT2D eigenvalue weighted by Crippen LogP contribution is -2.41. The first kappa shape index (κ1) is 22.5. The van der Waals surface area contributed by atoms with Gasteiger partial charge in [-0.2, -0.15) is 5.10 Å². The van der Waals surface area contributed by atoms with Gasteiger partial charge in [-0.3, -0.25) is 14.3 Å². The van der Waals surface area contributed by atoms with E-state index in [0.29, 0.717) is 44.5 Å². The van der Waals surface area contributed by atoms with E-state index in [4.69, 9.17) is 5.11 Å². The number of hydrogen-bond donors (Lipinski definition) is 1. The highest BCUT2D eigenvalue weighted by atomic mass is 16.4. The van der Waals surface area contributed by atoms with Crippen molar-refractivity contribution in [1.82, 2.24) is 14.7 Å². The Morgan fingerprint density at radius 3 is 2.39 bits per heavy atom. The van der Waals surface area contributed by atoms with Crippen LogP contribution in [-0.4, -0.2) is 64.1 Å². The van der Waals surface area contributed by atoms with Crippen LogP contribution in [0.3, 0.4) is 0 Å². The number of piperidine rings is 1. The molecule has 0 saturated carbocycles. The predicted octanol–water partition coefficient (Wildman–Crippen LogP) is 3.22. The average molecular weight is 449 g/mol. The maximum Gasteiger partial charge on any atom is 0.335 e. The third-order valence-corrected chi connectivity index (χ3v) is 6.47. The number of fused-ring (bicyclic) bond motifs is 1. The number of anilines is 1. The number of hydrogen-bond acceptors (Lipinski definition) is 5. The number of carbonyl (C=O) groups excluding carboxylic acids is 2. The van der Waals surface area contributed by atoms with Crippen LogP contribution in [-0.2, 0) is 11.8 Å². The Labute approximate surface area is 192 Å². The van der Waals surface area contributed by atoms with Crippen LogP contribution < -0.4 is 4.90 Å². The van der Waals surface area contributed by atoms with Gasteiger partial charge in [0.1, 0.15) is 0 Å². The second-order valence-corrected chi connectivity index (χ2v) is 8.58. The Morgan fingerprint density at radius 1 is 1.06 bits per heavy atom. The number of amides is 1. The molecule has 0 unspecified atom stereocenters. The molecule has 1 aliphatic heterocycles. The lowest BCUT2D eigenvalue weighted by Gasteiger charge is -2.32. The molecule has 33 heavy (non-hydrogen) atoms. The number of Topliss-reactive ketones (excluding diaryl/α,β-unsaturated/α-hetero) is 1. The molecule has 3 aromatic rings. The van der Waals surface area contributed by atoms with Gasteiger partial charge in [0.25, 0.3) is 0 Å². The quantitative estimate of drug-likeness (QED) is 0.558. The molecule has 1 fully saturated rings. The summed E-state index contributed by atoms with van der Waals surface area (Å²) in [6, 6.07) is 12.3. The van der Waals surface area contributed by atoms with E-state index in [1.807, 2.05) is 42.1 Å². The minimum Gasteiger partial charge on any atom is -0.478 e. The fourth-order valence-corrected chi connectivity index (χ4v) is 4.33. The third-order valence-electron chi connectivity index (χ3n) is 6.47. The van der Waals surface area contributed by atoms with E-state index >= 15 is 0 Å². The molecule has 172 valence electrons. The van der Waals surface area contributed by atoms with Crippen molar-refractivity contribution in [2.75, 3.05) is 31.6 Å². The van der Waals surface area contributed by atoms with Gasteiger partial charge in [0, 0.05) is 62.7 Å². The van der Waals surface area contributed by atoms with Gasteiger partial charge in [-0.1, -0.05) is 12.1 Å². The van der Waals surface area contributed by atoms with Gasteiger partial charge in [0.2, 0.25) is 5.91 Å². The molecule has 1 amide bonds. The molecule has 8 nitrogen and oxygen atoms in total. The Kier molecular flexibility index (Phi) is 6.44. The van der Waals surface area contributed by atoms with Gasteiger partial charge >= 0.3 is 5.97 Å². The Bertz CT molecular complexity index is 1180. The van der Waals surface area contributed by atoms with Crippen LogP contribution in [0.4, 0.5) is 5.69 Å². The van der Waals surface area contributed by atoms with Crippen LogP contribution in [0.15, 0.2) is 48.7 Å². The normalized spacial score (nSPS) is 14.4. The summed E-state index contributed by atoms with van der Waals surface area (Å²) in [5, 5.41) is 14.3. The number of aromatic carboxylic acids is 1. The van der Waals surface area contributed by atoms with Gasteiger partial charge < -0.3 is 14.9 Å². The first-order valence-electron chi connectivity index (χ1n) is 11.1. The Morgan fingerprint density at radius 2 is 1.73 bits per heavy atom. The number of likely N-dealkylation sites (tertiary alicyclic amines) is 1. The minimum absolute atomic E-state index is 0.0739. The lowest BCUT2D eigenvalue weighted by molar-refractivity contribution is -0.132. The van der Waals surface area contributed by atoms with Crippen LogP contribution in [0.25, 0.3) is 10.9 Å². The first-order valence-corrected chi connectivity index (χ1v) is 11.1. The predicted molar refractivity (Wildman–Crippen MR) is 126 cm³/mol. The third kappa shape index (κ3) is 4.89. The molecule has 0 bridgehead atoms. The fraction of sp³-hybridized carbons (Fsp3) is 0.360. The number of carbonyl (C=O) groups is 3. The average Bonchev–Trinajstić information content (AvgIpc) is 3.22. The molecule has 1 aromatic heterocycles. The molecule has 0 radical (unpaired) electrons. The van der Waals surface area contributed by atoms with E-state index in [1.165, 1.54) is 0 Å². The van der Waals surface area contributed by atoms with Gasteiger partial charge in [-0.05, 0) is 43.2 Å². The molecular weight excluding hydrogens is 420 g/mol. The second-order valence-electron chi connectivity index (χ2n) is 8.58. The number of carboxylic acid groups (broad SMARTS) is 1. The fourth-order valence-electron chi connectivity index (χ4n) is 4.33. The summed E-state index contributed by atoms with van der Waals surface area (Å²) >= 11 is 0. The molecular formula is C25H28N4O4. The number of ketones is 1. The number of aromatic nitrogens is 2. The smallest absolute Gasteiger partial charge is 0.335 e.